The standard InChI is InChI=1S/C43H48ClN3O7Si/c1-26-40(55(4,5)35-17-15-34(53-3)16-18-35)38(22-39(50)46-24-30-9-7-6-8-29(30)20-33(46)25-48)54-43(26)36-21-31(44)12-19-37(36)47(42(43)52)23-28-10-13-32(14-11-28)45-41(51)27(2)49/h6-19,21,26-27,33,38,40,48-49H,20,22-25H2,1-5H3,(H,45,51)/t26-,27+,33+,38+,40-,43+/m1/s1. The van der Waals surface area contributed by atoms with Crippen LogP contribution in [0.25, 0.3) is 0 Å². The largest absolute Gasteiger partial charge is 0.497 e. The first-order chi connectivity index (χ1) is 26.3. The molecule has 3 aliphatic heterocycles. The molecule has 3 amide bonds. The number of halogens is 1. The summed E-state index contributed by atoms with van der Waals surface area (Å²) in [4.78, 5) is 45.3. The van der Waals surface area contributed by atoms with Gasteiger partial charge in [0.15, 0.2) is 5.60 Å². The molecule has 3 heterocycles. The number of aliphatic hydroxyl groups is 2. The highest BCUT2D eigenvalue weighted by molar-refractivity contribution is 6.91. The number of methoxy groups -OCH3 is 1. The van der Waals surface area contributed by atoms with Gasteiger partial charge in [0, 0.05) is 28.7 Å². The monoisotopic (exact) mass is 781 g/mol. The molecule has 10 nitrogen and oxygen atoms in total. The van der Waals surface area contributed by atoms with Crippen molar-refractivity contribution in [1.82, 2.24) is 4.90 Å². The Hall–Kier alpha value is -4.52. The van der Waals surface area contributed by atoms with Crippen molar-refractivity contribution in [3.63, 3.8) is 0 Å². The maximum Gasteiger partial charge on any atom is 0.264 e. The third kappa shape index (κ3) is 6.97. The van der Waals surface area contributed by atoms with E-state index in [0.717, 1.165) is 27.6 Å². The first-order valence-corrected chi connectivity index (χ1v) is 22.2. The van der Waals surface area contributed by atoms with Crippen LogP contribution in [0.5, 0.6) is 5.75 Å². The van der Waals surface area contributed by atoms with Gasteiger partial charge in [0.2, 0.25) is 5.91 Å². The summed E-state index contributed by atoms with van der Waals surface area (Å²) in [6, 6.07) is 28.3. The van der Waals surface area contributed by atoms with Crippen molar-refractivity contribution in [3.8, 4) is 5.75 Å². The average Bonchev–Trinajstić information content (AvgIpc) is 3.60. The number of ether oxygens (including phenoxy) is 2. The summed E-state index contributed by atoms with van der Waals surface area (Å²) < 4.78 is 12.7. The number of rotatable bonds is 10. The molecular formula is C43H48ClN3O7Si. The van der Waals surface area contributed by atoms with E-state index in [1.54, 1.807) is 35.1 Å². The van der Waals surface area contributed by atoms with Gasteiger partial charge in [0.25, 0.3) is 11.8 Å². The second-order valence-electron chi connectivity index (χ2n) is 15.6. The number of hydrogen-bond acceptors (Lipinski definition) is 7. The lowest BCUT2D eigenvalue weighted by Gasteiger charge is -2.39. The molecule has 4 aromatic carbocycles. The van der Waals surface area contributed by atoms with Gasteiger partial charge < -0.3 is 34.8 Å². The molecule has 1 fully saturated rings. The number of fused-ring (bicyclic) bond motifs is 3. The minimum Gasteiger partial charge on any atom is -0.497 e. The Labute approximate surface area is 328 Å². The predicted molar refractivity (Wildman–Crippen MR) is 215 cm³/mol. The van der Waals surface area contributed by atoms with Gasteiger partial charge in [-0.1, -0.05) is 85.3 Å². The molecule has 0 bridgehead atoms. The number of nitrogens with one attached hydrogen (secondary N) is 1. The minimum absolute atomic E-state index is 0.0465. The fourth-order valence-corrected chi connectivity index (χ4v) is 13.3. The Morgan fingerprint density at radius 3 is 2.38 bits per heavy atom. The van der Waals surface area contributed by atoms with Gasteiger partial charge >= 0.3 is 0 Å². The first-order valence-electron chi connectivity index (χ1n) is 18.8. The zero-order valence-corrected chi connectivity index (χ0v) is 33.5. The topological polar surface area (TPSA) is 129 Å². The van der Waals surface area contributed by atoms with Gasteiger partial charge in [-0.2, -0.15) is 0 Å². The summed E-state index contributed by atoms with van der Waals surface area (Å²) in [5.74, 6) is -0.454. The maximum atomic E-state index is 15.2. The highest BCUT2D eigenvalue weighted by Gasteiger charge is 2.66. The van der Waals surface area contributed by atoms with E-state index < -0.39 is 31.8 Å². The van der Waals surface area contributed by atoms with E-state index in [9.17, 15) is 19.8 Å². The van der Waals surface area contributed by atoms with Crippen LogP contribution in [0.1, 0.15) is 42.5 Å². The van der Waals surface area contributed by atoms with E-state index >= 15 is 4.79 Å². The normalized spacial score (nSPS) is 23.7. The summed E-state index contributed by atoms with van der Waals surface area (Å²) in [6.07, 6.45) is -1.16. The zero-order chi connectivity index (χ0) is 39.2. The Morgan fingerprint density at radius 1 is 1.04 bits per heavy atom. The third-order valence-corrected chi connectivity index (χ3v) is 16.6. The van der Waals surface area contributed by atoms with Crippen LogP contribution in [0.2, 0.25) is 23.7 Å². The van der Waals surface area contributed by atoms with Crippen molar-refractivity contribution in [2.45, 2.75) is 82.3 Å². The van der Waals surface area contributed by atoms with E-state index in [1.807, 2.05) is 60.7 Å². The molecule has 3 aliphatic rings. The predicted octanol–water partition coefficient (Wildman–Crippen LogP) is 5.77. The highest BCUT2D eigenvalue weighted by Crippen LogP contribution is 2.60. The average molecular weight is 782 g/mol. The molecule has 0 unspecified atom stereocenters. The van der Waals surface area contributed by atoms with E-state index in [2.05, 4.69) is 37.5 Å². The van der Waals surface area contributed by atoms with Crippen LogP contribution in [-0.4, -0.2) is 72.9 Å². The van der Waals surface area contributed by atoms with Gasteiger partial charge in [-0.25, -0.2) is 0 Å². The number of carbonyl (C=O) groups is 3. The van der Waals surface area contributed by atoms with Crippen molar-refractivity contribution >= 4 is 54.0 Å². The lowest BCUT2D eigenvalue weighted by atomic mass is 9.82. The Balaban J connectivity index is 1.26. The lowest BCUT2D eigenvalue weighted by molar-refractivity contribution is -0.151. The molecule has 7 rings (SSSR count). The summed E-state index contributed by atoms with van der Waals surface area (Å²) in [5.41, 5.74) is 3.32. The van der Waals surface area contributed by atoms with Gasteiger partial charge in [-0.15, -0.1) is 0 Å². The Kier molecular flexibility index (Phi) is 10.7. The molecule has 55 heavy (non-hydrogen) atoms. The minimum atomic E-state index is -2.55. The van der Waals surface area contributed by atoms with Crippen LogP contribution < -0.4 is 20.1 Å². The van der Waals surface area contributed by atoms with E-state index in [0.29, 0.717) is 34.9 Å². The smallest absolute Gasteiger partial charge is 0.264 e. The summed E-state index contributed by atoms with van der Waals surface area (Å²) in [5, 5.41) is 24.4. The van der Waals surface area contributed by atoms with Gasteiger partial charge in [0.1, 0.15) is 11.9 Å². The maximum absolute atomic E-state index is 15.2. The lowest BCUT2D eigenvalue weighted by Crippen LogP contribution is -2.52. The quantitative estimate of drug-likeness (QED) is 0.175. The van der Waals surface area contributed by atoms with Crippen molar-refractivity contribution in [2.75, 3.05) is 23.9 Å². The fourth-order valence-electron chi connectivity index (χ4n) is 9.10. The summed E-state index contributed by atoms with van der Waals surface area (Å²) in [7, 11) is -0.909. The number of carbonyl (C=O) groups excluding carboxylic acids is 3. The van der Waals surface area contributed by atoms with Gasteiger partial charge in [-0.05, 0) is 78.0 Å². The highest BCUT2D eigenvalue weighted by atomic mass is 35.5. The van der Waals surface area contributed by atoms with Crippen LogP contribution in [0.4, 0.5) is 11.4 Å². The van der Waals surface area contributed by atoms with Gasteiger partial charge in [0.05, 0.1) is 52.6 Å². The molecule has 1 spiro atoms. The van der Waals surface area contributed by atoms with Crippen LogP contribution in [-0.2, 0) is 44.2 Å². The molecule has 3 N–H and O–H groups in total. The second kappa shape index (κ2) is 15.2. The zero-order valence-electron chi connectivity index (χ0n) is 31.8. The number of nitrogens with zero attached hydrogens (tertiary/aromatic N) is 2. The molecule has 288 valence electrons. The third-order valence-electron chi connectivity index (χ3n) is 12.0. The molecule has 12 heteroatoms. The number of benzene rings is 4. The van der Waals surface area contributed by atoms with Crippen LogP contribution in [0, 0.1) is 5.92 Å². The van der Waals surface area contributed by atoms with Crippen molar-refractivity contribution < 1.29 is 34.1 Å². The first kappa shape index (κ1) is 38.7. The number of amides is 3. The van der Waals surface area contributed by atoms with Crippen LogP contribution in [0.3, 0.4) is 0 Å². The SMILES string of the molecule is COc1ccc([Si](C)(C)[C@H]2[C@H](CC(=O)N3Cc4ccccc4C[C@H]3CO)O[C@@]3(C(=O)N(Cc4ccc(NC(=O)[C@H](C)O)cc4)c4ccc(Cl)cc43)[C@@H]2C)cc1. The number of anilines is 2. The van der Waals surface area contributed by atoms with Crippen LogP contribution in [0.15, 0.2) is 91.0 Å². The van der Waals surface area contributed by atoms with Crippen molar-refractivity contribution in [3.05, 3.63) is 118 Å². The Morgan fingerprint density at radius 2 is 1.73 bits per heavy atom. The van der Waals surface area contributed by atoms with Crippen molar-refractivity contribution in [2.24, 2.45) is 5.92 Å². The van der Waals surface area contributed by atoms with E-state index in [4.69, 9.17) is 21.1 Å². The Bertz CT molecular complexity index is 2090. The molecular weight excluding hydrogens is 734 g/mol. The van der Waals surface area contributed by atoms with Gasteiger partial charge in [-0.3, -0.25) is 14.4 Å². The van der Waals surface area contributed by atoms with E-state index in [-0.39, 0.29) is 48.9 Å². The molecule has 0 aromatic heterocycles. The van der Waals surface area contributed by atoms with E-state index in [1.165, 1.54) is 6.92 Å². The summed E-state index contributed by atoms with van der Waals surface area (Å²) in [6.45, 7) is 8.49. The second-order valence-corrected chi connectivity index (χ2v) is 20.7. The molecule has 0 saturated carbocycles. The van der Waals surface area contributed by atoms with Crippen molar-refractivity contribution in [1.29, 1.82) is 0 Å². The number of hydrogen-bond donors (Lipinski definition) is 3. The summed E-state index contributed by atoms with van der Waals surface area (Å²) >= 11 is 6.69. The molecule has 0 aliphatic carbocycles. The fraction of sp³-hybridized carbons (Fsp3) is 0.372. The molecule has 6 atom stereocenters. The molecule has 0 radical (unpaired) electrons. The van der Waals surface area contributed by atoms with Crippen LogP contribution >= 0.6 is 11.6 Å². The molecule has 1 saturated heterocycles. The number of aliphatic hydroxyl groups excluding tert-OH is 2. The molecule has 4 aromatic rings.